The highest BCUT2D eigenvalue weighted by atomic mass is 32.1. The zero-order valence-corrected chi connectivity index (χ0v) is 12.0. The quantitative estimate of drug-likeness (QED) is 0.304. The molecule has 0 fully saturated rings. The van der Waals surface area contributed by atoms with Crippen LogP contribution in [0.25, 0.3) is 0 Å². The van der Waals surface area contributed by atoms with E-state index in [9.17, 15) is 9.59 Å². The average Bonchev–Trinajstić information content (AvgIpc) is 2.31. The number of carbonyl (C=O) groups is 2. The molecule has 0 aromatic carbocycles. The summed E-state index contributed by atoms with van der Waals surface area (Å²) in [7, 11) is 0. The standard InChI is InChI=1S/C11H21NO4S2/c13-7-9(11(15)16)12-10(14)4-2-1-3-8(18)5-6-17/h8-9,13,17-18H,1-7H2,(H,12,14)(H,15,16)/t8?,9-/m0/s1. The Morgan fingerprint density at radius 3 is 2.39 bits per heavy atom. The Labute approximate surface area is 118 Å². The van der Waals surface area contributed by atoms with Crippen molar-refractivity contribution >= 4 is 37.1 Å². The highest BCUT2D eigenvalue weighted by Gasteiger charge is 2.18. The molecule has 2 atom stereocenters. The van der Waals surface area contributed by atoms with Gasteiger partial charge in [-0.25, -0.2) is 4.79 Å². The van der Waals surface area contributed by atoms with Gasteiger partial charge < -0.3 is 15.5 Å². The van der Waals surface area contributed by atoms with Crippen LogP contribution in [0.15, 0.2) is 0 Å². The van der Waals surface area contributed by atoms with Crippen molar-refractivity contribution in [2.75, 3.05) is 12.4 Å². The summed E-state index contributed by atoms with van der Waals surface area (Å²) >= 11 is 8.48. The van der Waals surface area contributed by atoms with Crippen LogP contribution in [0.2, 0.25) is 0 Å². The zero-order valence-electron chi connectivity index (χ0n) is 10.2. The molecule has 0 rings (SSSR count). The van der Waals surface area contributed by atoms with E-state index in [1.165, 1.54) is 0 Å². The Morgan fingerprint density at radius 1 is 1.22 bits per heavy atom. The number of carbonyl (C=O) groups excluding carboxylic acids is 1. The van der Waals surface area contributed by atoms with Gasteiger partial charge in [-0.05, 0) is 25.0 Å². The van der Waals surface area contributed by atoms with Gasteiger partial charge in [-0.1, -0.05) is 6.42 Å². The van der Waals surface area contributed by atoms with Crippen LogP contribution in [0.4, 0.5) is 0 Å². The van der Waals surface area contributed by atoms with E-state index < -0.39 is 18.6 Å². The predicted octanol–water partition coefficient (Wildman–Crippen LogP) is 0.727. The Bertz CT molecular complexity index is 263. The first kappa shape index (κ1) is 17.6. The lowest BCUT2D eigenvalue weighted by Crippen LogP contribution is -2.43. The van der Waals surface area contributed by atoms with Crippen LogP contribution in [0, 0.1) is 0 Å². The fourth-order valence-electron chi connectivity index (χ4n) is 1.41. The molecule has 1 amide bonds. The van der Waals surface area contributed by atoms with Crippen molar-refractivity contribution in [3.8, 4) is 0 Å². The lowest BCUT2D eigenvalue weighted by molar-refractivity contribution is -0.142. The first-order chi connectivity index (χ1) is 8.51. The smallest absolute Gasteiger partial charge is 0.328 e. The summed E-state index contributed by atoms with van der Waals surface area (Å²) in [5.74, 6) is -0.776. The van der Waals surface area contributed by atoms with E-state index in [0.717, 1.165) is 25.0 Å². The van der Waals surface area contributed by atoms with Gasteiger partial charge in [0.2, 0.25) is 5.91 Å². The number of aliphatic carboxylic acids is 1. The molecule has 18 heavy (non-hydrogen) atoms. The minimum atomic E-state index is -1.23. The number of carboxylic acids is 1. The van der Waals surface area contributed by atoms with Crippen LogP contribution in [-0.4, -0.2) is 45.7 Å². The molecule has 0 aliphatic carbocycles. The van der Waals surface area contributed by atoms with E-state index in [1.54, 1.807) is 0 Å². The number of amides is 1. The van der Waals surface area contributed by atoms with Crippen LogP contribution in [0.5, 0.6) is 0 Å². The Balaban J connectivity index is 3.68. The molecule has 0 aliphatic rings. The van der Waals surface area contributed by atoms with Crippen LogP contribution < -0.4 is 5.32 Å². The Hall–Kier alpha value is -0.400. The van der Waals surface area contributed by atoms with Crippen molar-refractivity contribution in [2.24, 2.45) is 0 Å². The van der Waals surface area contributed by atoms with Gasteiger partial charge in [0.15, 0.2) is 0 Å². The minimum absolute atomic E-state index is 0.269. The molecule has 0 bridgehead atoms. The van der Waals surface area contributed by atoms with Crippen molar-refractivity contribution in [3.63, 3.8) is 0 Å². The van der Waals surface area contributed by atoms with E-state index in [0.29, 0.717) is 11.7 Å². The molecule has 0 heterocycles. The number of rotatable bonds is 10. The maximum atomic E-state index is 11.4. The van der Waals surface area contributed by atoms with Gasteiger partial charge in [0.25, 0.3) is 0 Å². The summed E-state index contributed by atoms with van der Waals surface area (Å²) in [6.45, 7) is -0.596. The molecular formula is C11H21NO4S2. The Kier molecular flexibility index (Phi) is 10.3. The van der Waals surface area contributed by atoms with Crippen LogP contribution in [0.1, 0.15) is 32.1 Å². The monoisotopic (exact) mass is 295 g/mol. The van der Waals surface area contributed by atoms with Crippen molar-refractivity contribution in [3.05, 3.63) is 0 Å². The fourth-order valence-corrected chi connectivity index (χ4v) is 2.24. The van der Waals surface area contributed by atoms with E-state index >= 15 is 0 Å². The first-order valence-electron chi connectivity index (χ1n) is 5.93. The highest BCUT2D eigenvalue weighted by molar-refractivity contribution is 7.81. The summed E-state index contributed by atoms with van der Waals surface area (Å²) in [4.78, 5) is 21.9. The summed E-state index contributed by atoms with van der Waals surface area (Å²) in [6.07, 6.45) is 3.67. The molecule has 0 radical (unpaired) electrons. The van der Waals surface area contributed by atoms with Crippen LogP contribution in [0.3, 0.4) is 0 Å². The van der Waals surface area contributed by atoms with Crippen molar-refractivity contribution in [1.82, 2.24) is 5.32 Å². The first-order valence-corrected chi connectivity index (χ1v) is 7.08. The second kappa shape index (κ2) is 10.5. The van der Waals surface area contributed by atoms with Crippen molar-refractivity contribution < 1.29 is 19.8 Å². The van der Waals surface area contributed by atoms with Crippen LogP contribution in [-0.2, 0) is 9.59 Å². The topological polar surface area (TPSA) is 86.6 Å². The second-order valence-electron chi connectivity index (χ2n) is 4.05. The molecule has 1 unspecified atom stereocenters. The van der Waals surface area contributed by atoms with Crippen molar-refractivity contribution in [2.45, 2.75) is 43.4 Å². The summed E-state index contributed by atoms with van der Waals surface area (Å²) < 4.78 is 0. The number of carboxylic acid groups (broad SMARTS) is 1. The van der Waals surface area contributed by atoms with Crippen molar-refractivity contribution in [1.29, 1.82) is 0 Å². The summed E-state index contributed by atoms with van der Waals surface area (Å²) in [6, 6.07) is -1.21. The highest BCUT2D eigenvalue weighted by Crippen LogP contribution is 2.12. The van der Waals surface area contributed by atoms with Gasteiger partial charge >= 0.3 is 5.97 Å². The molecule has 5 nitrogen and oxygen atoms in total. The number of hydrogen-bond donors (Lipinski definition) is 5. The molecule has 0 aliphatic heterocycles. The molecule has 0 saturated heterocycles. The van der Waals surface area contributed by atoms with Gasteiger partial charge in [-0.2, -0.15) is 25.3 Å². The number of aliphatic hydroxyl groups is 1. The average molecular weight is 295 g/mol. The van der Waals surface area contributed by atoms with E-state index in [4.69, 9.17) is 10.2 Å². The van der Waals surface area contributed by atoms with Gasteiger partial charge in [0, 0.05) is 11.7 Å². The largest absolute Gasteiger partial charge is 0.480 e. The maximum absolute atomic E-state index is 11.4. The fraction of sp³-hybridized carbons (Fsp3) is 0.818. The molecule has 0 aromatic heterocycles. The van der Waals surface area contributed by atoms with E-state index in [1.807, 2.05) is 0 Å². The molecule has 0 aromatic rings. The SMILES string of the molecule is O=C(CCCCC(S)CCS)N[C@@H](CO)C(=O)O. The molecule has 3 N–H and O–H groups in total. The lowest BCUT2D eigenvalue weighted by atomic mass is 10.1. The normalized spacial score (nSPS) is 13.9. The Morgan fingerprint density at radius 2 is 1.89 bits per heavy atom. The third-order valence-electron chi connectivity index (χ3n) is 2.47. The van der Waals surface area contributed by atoms with Gasteiger partial charge in [-0.15, -0.1) is 0 Å². The molecular weight excluding hydrogens is 274 g/mol. The van der Waals surface area contributed by atoms with Gasteiger partial charge in [0.1, 0.15) is 6.04 Å². The summed E-state index contributed by atoms with van der Waals surface area (Å²) in [5, 5.41) is 19.9. The third kappa shape index (κ3) is 8.66. The molecule has 0 saturated carbocycles. The number of unbranched alkanes of at least 4 members (excludes halogenated alkanes) is 1. The zero-order chi connectivity index (χ0) is 14.0. The molecule has 0 spiro atoms. The number of hydrogen-bond acceptors (Lipinski definition) is 5. The minimum Gasteiger partial charge on any atom is -0.480 e. The summed E-state index contributed by atoms with van der Waals surface area (Å²) in [5.41, 5.74) is 0. The lowest BCUT2D eigenvalue weighted by Gasteiger charge is -2.12. The molecule has 7 heteroatoms. The van der Waals surface area contributed by atoms with Gasteiger partial charge in [-0.3, -0.25) is 4.79 Å². The van der Waals surface area contributed by atoms with E-state index in [2.05, 4.69) is 30.6 Å². The maximum Gasteiger partial charge on any atom is 0.328 e. The predicted molar refractivity (Wildman–Crippen MR) is 76.4 cm³/mol. The number of nitrogens with one attached hydrogen (secondary N) is 1. The number of thiol groups is 2. The third-order valence-corrected chi connectivity index (χ3v) is 3.24. The van der Waals surface area contributed by atoms with Crippen LogP contribution >= 0.6 is 25.3 Å². The van der Waals surface area contributed by atoms with E-state index in [-0.39, 0.29) is 12.3 Å². The molecule has 106 valence electrons. The second-order valence-corrected chi connectivity index (χ2v) is 5.23. The van der Waals surface area contributed by atoms with Gasteiger partial charge in [0.05, 0.1) is 6.61 Å². The number of aliphatic hydroxyl groups excluding tert-OH is 1.